The molecule has 0 unspecified atom stereocenters. The van der Waals surface area contributed by atoms with E-state index in [0.29, 0.717) is 51.9 Å². The molecular weight excluding hydrogens is 436 g/mol. The van der Waals surface area contributed by atoms with Gasteiger partial charge < -0.3 is 13.6 Å². The fourth-order valence-corrected chi connectivity index (χ4v) is 4.76. The normalized spacial score (nSPS) is 18.8. The van der Waals surface area contributed by atoms with E-state index in [4.69, 9.17) is 13.6 Å². The maximum absolute atomic E-state index is 13.5. The van der Waals surface area contributed by atoms with E-state index in [-0.39, 0.29) is 17.8 Å². The lowest BCUT2D eigenvalue weighted by Gasteiger charge is -2.30. The third-order valence-corrected chi connectivity index (χ3v) is 6.43. The summed E-state index contributed by atoms with van der Waals surface area (Å²) in [4.78, 5) is 26.7. The summed E-state index contributed by atoms with van der Waals surface area (Å²) in [6.07, 6.45) is 9.26. The van der Waals surface area contributed by atoms with E-state index < -0.39 is 0 Å². The largest absolute Gasteiger partial charge is 0.450 e. The highest BCUT2D eigenvalue weighted by Crippen LogP contribution is 2.38. The summed E-state index contributed by atoms with van der Waals surface area (Å²) in [6, 6.07) is 1.84. The lowest BCUT2D eigenvalue weighted by molar-refractivity contribution is -0.00709. The molecule has 2 atom stereocenters. The van der Waals surface area contributed by atoms with Gasteiger partial charge in [-0.3, -0.25) is 9.25 Å². The molecule has 1 aliphatic rings. The minimum atomic E-state index is -0.315. The van der Waals surface area contributed by atoms with Crippen molar-refractivity contribution in [3.05, 3.63) is 47.2 Å². The van der Waals surface area contributed by atoms with Crippen LogP contribution in [0.1, 0.15) is 38.1 Å². The van der Waals surface area contributed by atoms with Crippen LogP contribution in [0.2, 0.25) is 0 Å². The lowest BCUT2D eigenvalue weighted by Crippen LogP contribution is -2.34. The Morgan fingerprint density at radius 1 is 1.18 bits per heavy atom. The highest BCUT2D eigenvalue weighted by molar-refractivity contribution is 6.07. The smallest absolute Gasteiger partial charge is 0.349 e. The fraction of sp³-hybridized carbons (Fsp3) is 0.375. The minimum Gasteiger partial charge on any atom is -0.450 e. The van der Waals surface area contributed by atoms with Crippen LogP contribution in [0.25, 0.3) is 44.8 Å². The van der Waals surface area contributed by atoms with Crippen molar-refractivity contribution in [2.75, 3.05) is 6.61 Å². The maximum atomic E-state index is 13.5. The zero-order valence-corrected chi connectivity index (χ0v) is 19.2. The Balaban J connectivity index is 1.65. The molecule has 6 rings (SSSR count). The number of aryl methyl sites for hydroxylation is 2. The van der Waals surface area contributed by atoms with Crippen LogP contribution in [0.4, 0.5) is 0 Å². The number of fused-ring (bicyclic) bond motifs is 3. The Labute approximate surface area is 194 Å². The van der Waals surface area contributed by atoms with Crippen LogP contribution in [0.15, 0.2) is 44.5 Å². The minimum absolute atomic E-state index is 0.0471. The van der Waals surface area contributed by atoms with Gasteiger partial charge in [0.25, 0.3) is 0 Å². The van der Waals surface area contributed by atoms with Crippen LogP contribution >= 0.6 is 0 Å². The Morgan fingerprint density at radius 2 is 2.06 bits per heavy atom. The highest BCUT2D eigenvalue weighted by Gasteiger charge is 2.29. The number of pyridine rings is 1. The van der Waals surface area contributed by atoms with E-state index in [1.165, 1.54) is 0 Å². The summed E-state index contributed by atoms with van der Waals surface area (Å²) >= 11 is 0. The molecule has 10 nitrogen and oxygen atoms in total. The zero-order chi connectivity index (χ0) is 23.4. The molecule has 0 aromatic carbocycles. The Morgan fingerprint density at radius 3 is 2.79 bits per heavy atom. The Bertz CT molecular complexity index is 1580. The van der Waals surface area contributed by atoms with Crippen LogP contribution in [0, 0.1) is 6.92 Å². The van der Waals surface area contributed by atoms with E-state index in [1.807, 2.05) is 19.3 Å². The fourth-order valence-electron chi connectivity index (χ4n) is 4.76. The quantitative estimate of drug-likeness (QED) is 0.395. The molecule has 1 saturated heterocycles. The number of furan rings is 1. The lowest BCUT2D eigenvalue weighted by atomic mass is 10.0. The first-order valence-electron chi connectivity index (χ1n) is 11.4. The molecule has 0 radical (unpaired) electrons. The number of oxazole rings is 1. The number of aromatic nitrogens is 6. The van der Waals surface area contributed by atoms with Crippen LogP contribution in [0.5, 0.6) is 0 Å². The first kappa shape index (κ1) is 20.8. The van der Waals surface area contributed by atoms with E-state index in [2.05, 4.69) is 27.0 Å². The number of hydrogen-bond acceptors (Lipinski definition) is 8. The van der Waals surface area contributed by atoms with Crippen molar-refractivity contribution in [3.8, 4) is 22.7 Å². The molecule has 5 aromatic heterocycles. The second-order valence-corrected chi connectivity index (χ2v) is 8.68. The molecule has 0 bridgehead atoms. The number of hydrogen-bond donors (Lipinski definition) is 0. The SMILES string of the molecule is CC[C@H]1C[C@@H](n2c(=O)nc(-c3cnn(C)c3)c3oc4cnc(-c5cnc(C)o5)cc4c32)CCO1. The van der Waals surface area contributed by atoms with Gasteiger partial charge >= 0.3 is 5.69 Å². The average molecular weight is 460 g/mol. The van der Waals surface area contributed by atoms with Crippen molar-refractivity contribution in [1.29, 1.82) is 0 Å². The predicted molar refractivity (Wildman–Crippen MR) is 124 cm³/mol. The summed E-state index contributed by atoms with van der Waals surface area (Å²) in [5.41, 5.74) is 3.30. The van der Waals surface area contributed by atoms with Crippen molar-refractivity contribution in [1.82, 2.24) is 29.3 Å². The summed E-state index contributed by atoms with van der Waals surface area (Å²) in [7, 11) is 1.82. The van der Waals surface area contributed by atoms with Gasteiger partial charge in [0.05, 0.1) is 24.7 Å². The molecule has 1 aliphatic heterocycles. The van der Waals surface area contributed by atoms with Gasteiger partial charge in [0.15, 0.2) is 22.8 Å². The van der Waals surface area contributed by atoms with Crippen LogP contribution < -0.4 is 5.69 Å². The predicted octanol–water partition coefficient (Wildman–Crippen LogP) is 4.03. The average Bonchev–Trinajstić information content (AvgIpc) is 3.57. The van der Waals surface area contributed by atoms with Crippen LogP contribution in [-0.2, 0) is 11.8 Å². The molecule has 6 heterocycles. The molecule has 174 valence electrons. The van der Waals surface area contributed by atoms with Gasteiger partial charge in [0.1, 0.15) is 16.9 Å². The second kappa shape index (κ2) is 7.91. The third kappa shape index (κ3) is 3.33. The second-order valence-electron chi connectivity index (χ2n) is 8.68. The number of rotatable bonds is 4. The summed E-state index contributed by atoms with van der Waals surface area (Å²) in [5.74, 6) is 1.11. The maximum Gasteiger partial charge on any atom is 0.349 e. The molecule has 10 heteroatoms. The van der Waals surface area contributed by atoms with Crippen molar-refractivity contribution >= 4 is 22.1 Å². The zero-order valence-electron chi connectivity index (χ0n) is 19.2. The summed E-state index contributed by atoms with van der Waals surface area (Å²) < 4.78 is 21.3. The van der Waals surface area contributed by atoms with Crippen LogP contribution in [-0.4, -0.2) is 42.0 Å². The molecule has 0 spiro atoms. The highest BCUT2D eigenvalue weighted by atomic mass is 16.5. The number of nitrogens with zero attached hydrogens (tertiary/aromatic N) is 6. The Hall–Kier alpha value is -3.79. The molecule has 0 saturated carbocycles. The van der Waals surface area contributed by atoms with Crippen molar-refractivity contribution in [3.63, 3.8) is 0 Å². The topological polar surface area (TPSA) is 114 Å². The first-order chi connectivity index (χ1) is 16.5. The van der Waals surface area contributed by atoms with Crippen molar-refractivity contribution < 1.29 is 13.6 Å². The monoisotopic (exact) mass is 460 g/mol. The van der Waals surface area contributed by atoms with Gasteiger partial charge in [-0.05, 0) is 25.3 Å². The van der Waals surface area contributed by atoms with E-state index in [9.17, 15) is 4.79 Å². The standard InChI is InChI=1S/C24H24N6O4/c1-4-16-7-15(5-6-32-16)30-22-17-8-18(20-11-25-13(2)33-20)26-10-19(17)34-23(22)21(28-24(30)31)14-9-27-29(3)12-14/h8-12,15-16H,4-7H2,1-3H3/t15-,16-/m0/s1. The molecular formula is C24H24N6O4. The van der Waals surface area contributed by atoms with Crippen LogP contribution in [0.3, 0.4) is 0 Å². The first-order valence-corrected chi connectivity index (χ1v) is 11.4. The van der Waals surface area contributed by atoms with Gasteiger partial charge in [0.2, 0.25) is 0 Å². The van der Waals surface area contributed by atoms with Crippen molar-refractivity contribution in [2.24, 2.45) is 7.05 Å². The molecule has 5 aromatic rings. The molecule has 0 N–H and O–H groups in total. The molecule has 1 fully saturated rings. The Kier molecular flexibility index (Phi) is 4.84. The van der Waals surface area contributed by atoms with Gasteiger partial charge in [0, 0.05) is 43.8 Å². The van der Waals surface area contributed by atoms with E-state index >= 15 is 0 Å². The van der Waals surface area contributed by atoms with Gasteiger partial charge in [-0.15, -0.1) is 0 Å². The van der Waals surface area contributed by atoms with E-state index in [0.717, 1.165) is 24.6 Å². The molecule has 0 aliphatic carbocycles. The van der Waals surface area contributed by atoms with Gasteiger partial charge in [-0.25, -0.2) is 14.8 Å². The summed E-state index contributed by atoms with van der Waals surface area (Å²) in [6.45, 7) is 4.48. The van der Waals surface area contributed by atoms with Gasteiger partial charge in [-0.2, -0.15) is 10.1 Å². The third-order valence-electron chi connectivity index (χ3n) is 6.43. The number of ether oxygens (including phenoxy) is 1. The summed E-state index contributed by atoms with van der Waals surface area (Å²) in [5, 5.41) is 5.03. The molecule has 34 heavy (non-hydrogen) atoms. The van der Waals surface area contributed by atoms with Crippen molar-refractivity contribution in [2.45, 2.75) is 45.3 Å². The van der Waals surface area contributed by atoms with Gasteiger partial charge in [-0.1, -0.05) is 6.92 Å². The molecule has 0 amide bonds. The van der Waals surface area contributed by atoms with E-state index in [1.54, 1.807) is 34.8 Å².